The molecule has 8 nitrogen and oxygen atoms in total. The van der Waals surface area contributed by atoms with E-state index in [9.17, 15) is 4.79 Å². The van der Waals surface area contributed by atoms with Crippen LogP contribution in [0, 0.1) is 5.92 Å². The largest absolute Gasteiger partial charge is 0.438 e. The van der Waals surface area contributed by atoms with Crippen molar-refractivity contribution in [3.05, 3.63) is 54.9 Å². The van der Waals surface area contributed by atoms with Gasteiger partial charge in [-0.3, -0.25) is 4.79 Å². The molecule has 2 aromatic heterocycles. The van der Waals surface area contributed by atoms with E-state index in [-0.39, 0.29) is 11.8 Å². The van der Waals surface area contributed by atoms with Gasteiger partial charge >= 0.3 is 0 Å². The number of anilines is 1. The van der Waals surface area contributed by atoms with Crippen molar-refractivity contribution in [2.75, 3.05) is 18.5 Å². The molecule has 3 heterocycles. The van der Waals surface area contributed by atoms with E-state index in [1.165, 1.54) is 0 Å². The van der Waals surface area contributed by atoms with Gasteiger partial charge in [0.25, 0.3) is 0 Å². The van der Waals surface area contributed by atoms with Crippen LogP contribution in [0.4, 0.5) is 5.69 Å². The van der Waals surface area contributed by atoms with Gasteiger partial charge in [0, 0.05) is 43.3 Å². The Balaban J connectivity index is 1.35. The molecule has 1 fully saturated rings. The number of amides is 1. The maximum atomic E-state index is 12.2. The van der Waals surface area contributed by atoms with E-state index in [4.69, 9.17) is 9.47 Å². The van der Waals surface area contributed by atoms with Crippen LogP contribution in [0.15, 0.2) is 54.9 Å². The number of rotatable bonds is 5. The summed E-state index contributed by atoms with van der Waals surface area (Å²) >= 11 is 0. The smallest absolute Gasteiger partial charge is 0.238 e. The Morgan fingerprint density at radius 1 is 1.11 bits per heavy atom. The average molecular weight is 365 g/mol. The lowest BCUT2D eigenvalue weighted by Crippen LogP contribution is -2.28. The maximum Gasteiger partial charge on any atom is 0.238 e. The molecule has 3 aromatic rings. The summed E-state index contributed by atoms with van der Waals surface area (Å²) in [5.74, 6) is 1.65. The van der Waals surface area contributed by atoms with Gasteiger partial charge in [-0.2, -0.15) is 5.10 Å². The Bertz CT molecular complexity index is 873. The minimum atomic E-state index is 0.0123. The summed E-state index contributed by atoms with van der Waals surface area (Å²) in [6.07, 6.45) is 4.99. The van der Waals surface area contributed by atoms with Crippen molar-refractivity contribution in [2.24, 2.45) is 5.92 Å². The Kier molecular flexibility index (Phi) is 5.06. The van der Waals surface area contributed by atoms with Crippen LogP contribution in [0.3, 0.4) is 0 Å². The van der Waals surface area contributed by atoms with Gasteiger partial charge in [0.1, 0.15) is 5.75 Å². The molecular formula is C19H19N5O3. The molecule has 1 N–H and O–H groups in total. The van der Waals surface area contributed by atoms with Gasteiger partial charge < -0.3 is 14.8 Å². The molecule has 0 atom stereocenters. The first-order chi connectivity index (χ1) is 13.3. The zero-order chi connectivity index (χ0) is 18.5. The maximum absolute atomic E-state index is 12.2. The highest BCUT2D eigenvalue weighted by Gasteiger charge is 2.21. The van der Waals surface area contributed by atoms with Crippen LogP contribution in [0.2, 0.25) is 0 Å². The summed E-state index contributed by atoms with van der Waals surface area (Å²) in [7, 11) is 0. The van der Waals surface area contributed by atoms with E-state index >= 15 is 0 Å². The Hall–Kier alpha value is -3.26. The fourth-order valence-corrected chi connectivity index (χ4v) is 2.83. The number of benzene rings is 1. The highest BCUT2D eigenvalue weighted by atomic mass is 16.5. The lowest BCUT2D eigenvalue weighted by Gasteiger charge is -2.21. The van der Waals surface area contributed by atoms with Crippen LogP contribution in [0.5, 0.6) is 11.6 Å². The number of hydrogen-bond acceptors (Lipinski definition) is 6. The average Bonchev–Trinajstić information content (AvgIpc) is 3.26. The number of carbonyl (C=O) groups is 1. The van der Waals surface area contributed by atoms with Crippen LogP contribution in [-0.2, 0) is 9.53 Å². The minimum absolute atomic E-state index is 0.0123. The molecule has 4 rings (SSSR count). The lowest BCUT2D eigenvalue weighted by molar-refractivity contribution is -0.122. The number of hydrogen-bond donors (Lipinski definition) is 1. The van der Waals surface area contributed by atoms with Gasteiger partial charge in [-0.15, -0.1) is 10.2 Å². The molecule has 1 amide bonds. The van der Waals surface area contributed by atoms with Crippen molar-refractivity contribution in [1.29, 1.82) is 0 Å². The van der Waals surface area contributed by atoms with Gasteiger partial charge in [0.05, 0.1) is 0 Å². The zero-order valence-corrected chi connectivity index (χ0v) is 14.6. The van der Waals surface area contributed by atoms with E-state index in [1.807, 2.05) is 6.07 Å². The van der Waals surface area contributed by atoms with Crippen molar-refractivity contribution in [3.63, 3.8) is 0 Å². The summed E-state index contributed by atoms with van der Waals surface area (Å²) in [6.45, 7) is 1.29. The molecule has 8 heteroatoms. The number of carbonyl (C=O) groups excluding carboxylic acids is 1. The molecule has 1 aliphatic rings. The lowest BCUT2D eigenvalue weighted by atomic mass is 9.99. The third-order valence-electron chi connectivity index (χ3n) is 4.30. The first-order valence-corrected chi connectivity index (χ1v) is 8.78. The third-order valence-corrected chi connectivity index (χ3v) is 4.30. The second-order valence-corrected chi connectivity index (χ2v) is 6.18. The normalized spacial score (nSPS) is 14.7. The van der Waals surface area contributed by atoms with Gasteiger partial charge in [-0.1, -0.05) is 0 Å². The predicted octanol–water partition coefficient (Wildman–Crippen LogP) is 2.82. The van der Waals surface area contributed by atoms with Crippen molar-refractivity contribution in [1.82, 2.24) is 20.0 Å². The monoisotopic (exact) mass is 365 g/mol. The summed E-state index contributed by atoms with van der Waals surface area (Å²) in [6, 6.07) is 12.5. The van der Waals surface area contributed by atoms with Gasteiger partial charge in [0.15, 0.2) is 5.82 Å². The van der Waals surface area contributed by atoms with Gasteiger partial charge in [-0.05, 0) is 49.2 Å². The quantitative estimate of drug-likeness (QED) is 0.748. The molecule has 0 spiro atoms. The van der Waals surface area contributed by atoms with Crippen LogP contribution in [0.1, 0.15) is 12.8 Å². The van der Waals surface area contributed by atoms with Gasteiger partial charge in [0.2, 0.25) is 11.8 Å². The highest BCUT2D eigenvalue weighted by molar-refractivity contribution is 5.92. The minimum Gasteiger partial charge on any atom is -0.438 e. The SMILES string of the molecule is O=C(Nc1ccc(Oc2ccc(-n3cccn3)nn2)cc1)C1CCOCC1. The molecular weight excluding hydrogens is 346 g/mol. The van der Waals surface area contributed by atoms with Gasteiger partial charge in [-0.25, -0.2) is 4.68 Å². The molecule has 0 aliphatic carbocycles. The molecule has 0 radical (unpaired) electrons. The highest BCUT2D eigenvalue weighted by Crippen LogP contribution is 2.23. The van der Waals surface area contributed by atoms with E-state index in [0.29, 0.717) is 30.7 Å². The van der Waals surface area contributed by atoms with Crippen LogP contribution < -0.4 is 10.1 Å². The second kappa shape index (κ2) is 7.96. The number of aromatic nitrogens is 4. The van der Waals surface area contributed by atoms with E-state index in [2.05, 4.69) is 20.6 Å². The zero-order valence-electron chi connectivity index (χ0n) is 14.6. The number of ether oxygens (including phenoxy) is 2. The topological polar surface area (TPSA) is 91.2 Å². The van der Waals surface area contributed by atoms with E-state index < -0.39 is 0 Å². The Morgan fingerprint density at radius 2 is 1.93 bits per heavy atom. The van der Waals surface area contributed by atoms with Crippen LogP contribution in [-0.4, -0.2) is 39.1 Å². The first-order valence-electron chi connectivity index (χ1n) is 8.78. The molecule has 0 bridgehead atoms. The molecule has 27 heavy (non-hydrogen) atoms. The fraction of sp³-hybridized carbons (Fsp3) is 0.263. The standard InChI is InChI=1S/C19H19N5O3/c25-19(14-8-12-26-13-9-14)21-15-2-4-16(5-3-15)27-18-7-6-17(22-23-18)24-11-1-10-20-24/h1-7,10-11,14H,8-9,12-13H2,(H,21,25). The summed E-state index contributed by atoms with van der Waals surface area (Å²) in [4.78, 5) is 12.2. The van der Waals surface area contributed by atoms with Crippen LogP contribution in [0.25, 0.3) is 5.82 Å². The molecule has 1 aromatic carbocycles. The second-order valence-electron chi connectivity index (χ2n) is 6.18. The summed E-state index contributed by atoms with van der Waals surface area (Å²) in [5.41, 5.74) is 0.735. The number of nitrogens with one attached hydrogen (secondary N) is 1. The molecule has 0 unspecified atom stereocenters. The molecule has 0 saturated carbocycles. The fourth-order valence-electron chi connectivity index (χ4n) is 2.83. The summed E-state index contributed by atoms with van der Waals surface area (Å²) < 4.78 is 12.6. The predicted molar refractivity (Wildman–Crippen MR) is 97.8 cm³/mol. The van der Waals surface area contributed by atoms with E-state index in [1.54, 1.807) is 53.5 Å². The van der Waals surface area contributed by atoms with Crippen molar-refractivity contribution < 1.29 is 14.3 Å². The Morgan fingerprint density at radius 3 is 2.59 bits per heavy atom. The molecule has 1 saturated heterocycles. The van der Waals surface area contributed by atoms with Crippen molar-refractivity contribution in [3.8, 4) is 17.4 Å². The first kappa shape index (κ1) is 17.2. The van der Waals surface area contributed by atoms with Crippen LogP contribution >= 0.6 is 0 Å². The van der Waals surface area contributed by atoms with Crippen molar-refractivity contribution in [2.45, 2.75) is 12.8 Å². The number of nitrogens with zero attached hydrogens (tertiary/aromatic N) is 4. The van der Waals surface area contributed by atoms with E-state index in [0.717, 1.165) is 18.5 Å². The molecule has 1 aliphatic heterocycles. The third kappa shape index (κ3) is 4.29. The summed E-state index contributed by atoms with van der Waals surface area (Å²) in [5, 5.41) is 15.2. The Labute approximate surface area is 156 Å². The van der Waals surface area contributed by atoms with Crippen molar-refractivity contribution >= 4 is 11.6 Å². The molecule has 138 valence electrons.